The van der Waals surface area contributed by atoms with E-state index in [-0.39, 0.29) is 17.9 Å². The molecule has 1 atom stereocenters. The molecule has 106 valence electrons. The van der Waals surface area contributed by atoms with Crippen LogP contribution in [0.4, 0.5) is 0 Å². The number of rotatable bonds is 3. The van der Waals surface area contributed by atoms with E-state index in [1.54, 1.807) is 0 Å². The van der Waals surface area contributed by atoms with Crippen molar-refractivity contribution in [3.05, 3.63) is 29.3 Å². The van der Waals surface area contributed by atoms with Crippen molar-refractivity contribution in [1.82, 2.24) is 0 Å². The summed E-state index contributed by atoms with van der Waals surface area (Å²) in [6.45, 7) is -0.0802. The average Bonchev–Trinajstić information content (AvgIpc) is 2.27. The van der Waals surface area contributed by atoms with Crippen LogP contribution in [-0.2, 0) is 28.6 Å². The lowest BCUT2D eigenvalue weighted by Gasteiger charge is -2.21. The van der Waals surface area contributed by atoms with E-state index in [9.17, 15) is 16.8 Å². The lowest BCUT2D eigenvalue weighted by molar-refractivity contribution is 0.162. The van der Waals surface area contributed by atoms with Gasteiger partial charge in [-0.15, -0.1) is 0 Å². The molecular formula is C10H11ClO6S2. The second-order valence-electron chi connectivity index (χ2n) is 3.96. The SMILES string of the molecule is O=S1(=O)CC(OS(=O)(=O)c2ccc(Cl)cc2)CCO1. The summed E-state index contributed by atoms with van der Waals surface area (Å²) in [4.78, 5) is -0.0687. The second kappa shape index (κ2) is 5.37. The summed E-state index contributed by atoms with van der Waals surface area (Å²) in [5, 5.41) is 0.396. The third-order valence-electron chi connectivity index (χ3n) is 2.46. The minimum atomic E-state index is -4.01. The van der Waals surface area contributed by atoms with Gasteiger partial charge in [0.2, 0.25) is 0 Å². The topological polar surface area (TPSA) is 86.7 Å². The fraction of sp³-hybridized carbons (Fsp3) is 0.400. The predicted octanol–water partition coefficient (Wildman–Crippen LogP) is 1.16. The number of halogens is 1. The van der Waals surface area contributed by atoms with E-state index in [4.69, 9.17) is 15.8 Å². The van der Waals surface area contributed by atoms with Gasteiger partial charge >= 0.3 is 0 Å². The first-order chi connectivity index (χ1) is 8.78. The molecule has 6 nitrogen and oxygen atoms in total. The zero-order valence-corrected chi connectivity index (χ0v) is 12.0. The first-order valence-electron chi connectivity index (χ1n) is 5.34. The maximum atomic E-state index is 11.9. The Labute approximate surface area is 116 Å². The zero-order valence-electron chi connectivity index (χ0n) is 9.65. The van der Waals surface area contributed by atoms with Crippen molar-refractivity contribution in [1.29, 1.82) is 0 Å². The van der Waals surface area contributed by atoms with Crippen LogP contribution >= 0.6 is 11.6 Å². The Morgan fingerprint density at radius 2 is 1.89 bits per heavy atom. The zero-order chi connectivity index (χ0) is 14.1. The lowest BCUT2D eigenvalue weighted by Crippen LogP contribution is -2.34. The summed E-state index contributed by atoms with van der Waals surface area (Å²) in [7, 11) is -7.71. The van der Waals surface area contributed by atoms with Crippen LogP contribution in [0.2, 0.25) is 5.02 Å². The van der Waals surface area contributed by atoms with Crippen molar-refractivity contribution in [2.45, 2.75) is 17.4 Å². The van der Waals surface area contributed by atoms with Gasteiger partial charge in [-0.2, -0.15) is 16.8 Å². The molecule has 2 rings (SSSR count). The fourth-order valence-electron chi connectivity index (χ4n) is 1.58. The van der Waals surface area contributed by atoms with E-state index < -0.39 is 32.1 Å². The molecule has 1 aromatic carbocycles. The van der Waals surface area contributed by atoms with Gasteiger partial charge in [0, 0.05) is 11.4 Å². The molecule has 1 aliphatic rings. The first kappa shape index (κ1) is 14.7. The third kappa shape index (κ3) is 3.90. The van der Waals surface area contributed by atoms with Gasteiger partial charge < -0.3 is 0 Å². The Morgan fingerprint density at radius 3 is 2.47 bits per heavy atom. The van der Waals surface area contributed by atoms with Crippen molar-refractivity contribution in [2.24, 2.45) is 0 Å². The highest BCUT2D eigenvalue weighted by Gasteiger charge is 2.30. The molecule has 1 saturated heterocycles. The van der Waals surface area contributed by atoms with Crippen LogP contribution in [0.3, 0.4) is 0 Å². The lowest BCUT2D eigenvalue weighted by atomic mass is 10.3. The van der Waals surface area contributed by atoms with E-state index in [0.717, 1.165) is 0 Å². The predicted molar refractivity (Wildman–Crippen MR) is 67.9 cm³/mol. The molecule has 0 bridgehead atoms. The van der Waals surface area contributed by atoms with Crippen LogP contribution < -0.4 is 0 Å². The normalized spacial score (nSPS) is 23.1. The second-order valence-corrected chi connectivity index (χ2v) is 7.65. The van der Waals surface area contributed by atoms with Gasteiger partial charge in [0.25, 0.3) is 20.2 Å². The molecule has 0 aromatic heterocycles. The van der Waals surface area contributed by atoms with Gasteiger partial charge in [0.1, 0.15) is 5.75 Å². The molecule has 0 spiro atoms. The molecule has 0 N–H and O–H groups in total. The van der Waals surface area contributed by atoms with Crippen LogP contribution in [0.15, 0.2) is 29.2 Å². The number of hydrogen-bond donors (Lipinski definition) is 0. The standard InChI is InChI=1S/C10H11ClO6S2/c11-8-1-3-10(4-2-8)19(14,15)17-9-5-6-16-18(12,13)7-9/h1-4,9H,5-7H2. The highest BCUT2D eigenvalue weighted by molar-refractivity contribution is 7.87. The molecule has 19 heavy (non-hydrogen) atoms. The van der Waals surface area contributed by atoms with E-state index in [0.29, 0.717) is 5.02 Å². The van der Waals surface area contributed by atoms with Crippen molar-refractivity contribution >= 4 is 31.8 Å². The highest BCUT2D eigenvalue weighted by atomic mass is 35.5. The quantitative estimate of drug-likeness (QED) is 0.775. The first-order valence-corrected chi connectivity index (χ1v) is 8.71. The molecule has 0 radical (unpaired) electrons. The maximum Gasteiger partial charge on any atom is 0.297 e. The molecule has 1 heterocycles. The van der Waals surface area contributed by atoms with E-state index >= 15 is 0 Å². The van der Waals surface area contributed by atoms with Crippen LogP contribution in [0, 0.1) is 0 Å². The Kier molecular flexibility index (Phi) is 4.17. The van der Waals surface area contributed by atoms with Crippen molar-refractivity contribution in [3.8, 4) is 0 Å². The molecule has 1 unspecified atom stereocenters. The van der Waals surface area contributed by atoms with Crippen LogP contribution in [-0.4, -0.2) is 35.3 Å². The summed E-state index contributed by atoms with van der Waals surface area (Å²) in [5.74, 6) is -0.472. The number of benzene rings is 1. The van der Waals surface area contributed by atoms with Crippen LogP contribution in [0.5, 0.6) is 0 Å². The molecule has 1 aliphatic heterocycles. The summed E-state index contributed by atoms with van der Waals surface area (Å²) in [6.07, 6.45) is -0.731. The molecule has 0 aliphatic carbocycles. The van der Waals surface area contributed by atoms with Gasteiger partial charge in [-0.05, 0) is 24.3 Å². The van der Waals surface area contributed by atoms with Crippen LogP contribution in [0.1, 0.15) is 6.42 Å². The molecule has 9 heteroatoms. The van der Waals surface area contributed by atoms with Gasteiger partial charge in [-0.1, -0.05) is 11.6 Å². The summed E-state index contributed by atoms with van der Waals surface area (Å²) < 4.78 is 55.7. The number of hydrogen-bond acceptors (Lipinski definition) is 6. The van der Waals surface area contributed by atoms with Crippen LogP contribution in [0.25, 0.3) is 0 Å². The van der Waals surface area contributed by atoms with Gasteiger partial charge in [0.05, 0.1) is 17.6 Å². The van der Waals surface area contributed by atoms with E-state index in [2.05, 4.69) is 4.18 Å². The minimum absolute atomic E-state index is 0.0687. The third-order valence-corrected chi connectivity index (χ3v) is 5.39. The summed E-state index contributed by atoms with van der Waals surface area (Å²) >= 11 is 5.66. The molecule has 1 aromatic rings. The maximum absolute atomic E-state index is 11.9. The highest BCUT2D eigenvalue weighted by Crippen LogP contribution is 2.21. The molecule has 0 saturated carbocycles. The Morgan fingerprint density at radius 1 is 1.26 bits per heavy atom. The van der Waals surface area contributed by atoms with Crippen molar-refractivity contribution < 1.29 is 25.2 Å². The fourth-order valence-corrected chi connectivity index (χ4v) is 4.03. The van der Waals surface area contributed by atoms with Gasteiger partial charge in [-0.25, -0.2) is 0 Å². The Hall–Kier alpha value is -0.670. The average molecular weight is 327 g/mol. The molecule has 1 fully saturated rings. The Balaban J connectivity index is 2.15. The van der Waals surface area contributed by atoms with E-state index in [1.165, 1.54) is 24.3 Å². The minimum Gasteiger partial charge on any atom is -0.270 e. The summed E-state index contributed by atoms with van der Waals surface area (Å²) in [6, 6.07) is 5.42. The molecule has 0 amide bonds. The van der Waals surface area contributed by atoms with Gasteiger partial charge in [0.15, 0.2) is 0 Å². The smallest absolute Gasteiger partial charge is 0.270 e. The van der Waals surface area contributed by atoms with Gasteiger partial charge in [-0.3, -0.25) is 8.37 Å². The largest absolute Gasteiger partial charge is 0.297 e. The van der Waals surface area contributed by atoms with Crippen molar-refractivity contribution in [3.63, 3.8) is 0 Å². The van der Waals surface area contributed by atoms with E-state index in [1.807, 2.05) is 0 Å². The van der Waals surface area contributed by atoms with Crippen molar-refractivity contribution in [2.75, 3.05) is 12.4 Å². The molecular weight excluding hydrogens is 316 g/mol. The summed E-state index contributed by atoms with van der Waals surface area (Å²) in [5.41, 5.74) is 0. The Bertz CT molecular complexity index is 650. The monoisotopic (exact) mass is 326 g/mol.